The van der Waals surface area contributed by atoms with Crippen molar-refractivity contribution in [3.63, 3.8) is 0 Å². The molecule has 1 saturated heterocycles. The van der Waals surface area contributed by atoms with Crippen molar-refractivity contribution in [1.82, 2.24) is 10.2 Å². The predicted octanol–water partition coefficient (Wildman–Crippen LogP) is 1.93. The Hall–Kier alpha value is -1.26. The van der Waals surface area contributed by atoms with Gasteiger partial charge >= 0.3 is 12.0 Å². The number of nitrogens with one attached hydrogen (secondary N) is 1. The summed E-state index contributed by atoms with van der Waals surface area (Å²) in [6.07, 6.45) is 4.79. The van der Waals surface area contributed by atoms with Crippen LogP contribution < -0.4 is 5.32 Å². The summed E-state index contributed by atoms with van der Waals surface area (Å²) in [6.45, 7) is 5.80. The first kappa shape index (κ1) is 14.2. The number of urea groups is 1. The lowest BCUT2D eigenvalue weighted by Crippen LogP contribution is -2.57. The van der Waals surface area contributed by atoms with E-state index in [0.29, 0.717) is 18.5 Å². The first-order valence-electron chi connectivity index (χ1n) is 7.23. The Morgan fingerprint density at radius 3 is 2.53 bits per heavy atom. The molecule has 2 N–H and O–H groups in total. The van der Waals surface area contributed by atoms with E-state index >= 15 is 0 Å². The Morgan fingerprint density at radius 2 is 2.05 bits per heavy atom. The lowest BCUT2D eigenvalue weighted by Gasteiger charge is -2.41. The fraction of sp³-hybridized carbons (Fsp3) is 0.857. The molecule has 2 amide bonds. The number of likely N-dealkylation sites (tertiary alicyclic amines) is 1. The molecule has 0 radical (unpaired) electrons. The van der Waals surface area contributed by atoms with E-state index in [9.17, 15) is 9.59 Å². The van der Waals surface area contributed by atoms with Gasteiger partial charge in [0.15, 0.2) is 0 Å². The average molecular weight is 268 g/mol. The van der Waals surface area contributed by atoms with Crippen LogP contribution in [0.1, 0.15) is 39.5 Å². The largest absolute Gasteiger partial charge is 0.481 e. The highest BCUT2D eigenvalue weighted by atomic mass is 16.4. The highest BCUT2D eigenvalue weighted by molar-refractivity contribution is 5.76. The van der Waals surface area contributed by atoms with E-state index in [1.807, 2.05) is 0 Å². The summed E-state index contributed by atoms with van der Waals surface area (Å²) in [7, 11) is 0. The number of carbonyl (C=O) groups is 2. The maximum absolute atomic E-state index is 11.9. The Bertz CT molecular complexity index is 360. The summed E-state index contributed by atoms with van der Waals surface area (Å²) < 4.78 is 0. The lowest BCUT2D eigenvalue weighted by atomic mass is 9.87. The van der Waals surface area contributed by atoms with E-state index in [0.717, 1.165) is 13.0 Å². The van der Waals surface area contributed by atoms with Gasteiger partial charge in [0.1, 0.15) is 0 Å². The molecule has 5 nitrogen and oxygen atoms in total. The van der Waals surface area contributed by atoms with Crippen molar-refractivity contribution in [2.75, 3.05) is 19.6 Å². The zero-order chi connectivity index (χ0) is 14.0. The number of carboxylic acid groups (broad SMARTS) is 1. The summed E-state index contributed by atoms with van der Waals surface area (Å²) in [5.41, 5.74) is 0.364. The van der Waals surface area contributed by atoms with Crippen LogP contribution in [0.5, 0.6) is 0 Å². The number of hydrogen-bond acceptors (Lipinski definition) is 2. The van der Waals surface area contributed by atoms with Crippen molar-refractivity contribution in [1.29, 1.82) is 0 Å². The van der Waals surface area contributed by atoms with Gasteiger partial charge in [-0.1, -0.05) is 20.3 Å². The molecular formula is C14H24N2O3. The van der Waals surface area contributed by atoms with Crippen LogP contribution in [-0.2, 0) is 4.79 Å². The molecule has 1 heterocycles. The number of carboxylic acids is 1. The van der Waals surface area contributed by atoms with Crippen LogP contribution in [0.2, 0.25) is 0 Å². The van der Waals surface area contributed by atoms with Crippen molar-refractivity contribution in [2.24, 2.45) is 17.3 Å². The quantitative estimate of drug-likeness (QED) is 0.773. The van der Waals surface area contributed by atoms with Gasteiger partial charge in [-0.2, -0.15) is 0 Å². The van der Waals surface area contributed by atoms with Crippen LogP contribution >= 0.6 is 0 Å². The number of aliphatic carboxylic acids is 1. The Morgan fingerprint density at radius 1 is 1.42 bits per heavy atom. The van der Waals surface area contributed by atoms with E-state index in [2.05, 4.69) is 12.2 Å². The highest BCUT2D eigenvalue weighted by Gasteiger charge is 2.43. The Balaban J connectivity index is 1.68. The third-order valence-electron chi connectivity index (χ3n) is 4.65. The van der Waals surface area contributed by atoms with Crippen molar-refractivity contribution >= 4 is 12.0 Å². The zero-order valence-electron chi connectivity index (χ0n) is 11.8. The van der Waals surface area contributed by atoms with Crippen molar-refractivity contribution in [2.45, 2.75) is 39.5 Å². The molecule has 0 aromatic rings. The van der Waals surface area contributed by atoms with Crippen molar-refractivity contribution in [3.8, 4) is 0 Å². The SMILES string of the molecule is CCCC1(CNC(=O)N2CC(C(C)C(=O)O)C2)CC1. The second-order valence-corrected chi connectivity index (χ2v) is 6.20. The number of carbonyl (C=O) groups excluding carboxylic acids is 1. The van der Waals surface area contributed by atoms with Gasteiger partial charge in [0.2, 0.25) is 0 Å². The van der Waals surface area contributed by atoms with Crippen LogP contribution in [0.3, 0.4) is 0 Å². The van der Waals surface area contributed by atoms with Gasteiger partial charge in [-0.05, 0) is 24.7 Å². The van der Waals surface area contributed by atoms with E-state index in [1.54, 1.807) is 11.8 Å². The summed E-state index contributed by atoms with van der Waals surface area (Å²) in [6, 6.07) is -0.0313. The summed E-state index contributed by atoms with van der Waals surface area (Å²) in [5.74, 6) is -1.03. The van der Waals surface area contributed by atoms with Gasteiger partial charge in [0.25, 0.3) is 0 Å². The molecule has 2 rings (SSSR count). The molecule has 1 aliphatic heterocycles. The van der Waals surface area contributed by atoms with E-state index in [4.69, 9.17) is 5.11 Å². The normalized spacial score (nSPS) is 22.5. The fourth-order valence-electron chi connectivity index (χ4n) is 2.79. The minimum atomic E-state index is -0.773. The molecule has 1 atom stereocenters. The van der Waals surface area contributed by atoms with Crippen LogP contribution in [0.25, 0.3) is 0 Å². The second kappa shape index (κ2) is 5.39. The smallest absolute Gasteiger partial charge is 0.317 e. The molecule has 0 bridgehead atoms. The molecule has 2 fully saturated rings. The van der Waals surface area contributed by atoms with Gasteiger partial charge in [-0.25, -0.2) is 4.79 Å². The van der Waals surface area contributed by atoms with Crippen LogP contribution in [0.4, 0.5) is 4.79 Å². The first-order valence-corrected chi connectivity index (χ1v) is 7.23. The predicted molar refractivity (Wildman–Crippen MR) is 71.8 cm³/mol. The van der Waals surface area contributed by atoms with E-state index in [-0.39, 0.29) is 17.9 Å². The first-order chi connectivity index (χ1) is 8.97. The average Bonchev–Trinajstić information content (AvgIpc) is 3.05. The summed E-state index contributed by atoms with van der Waals surface area (Å²) >= 11 is 0. The van der Waals surface area contributed by atoms with Gasteiger partial charge in [-0.15, -0.1) is 0 Å². The highest BCUT2D eigenvalue weighted by Crippen LogP contribution is 2.48. The standard InChI is InChI=1S/C14H24N2O3/c1-3-4-14(5-6-14)9-15-13(19)16-7-11(8-16)10(2)12(17)18/h10-11H,3-9H2,1-2H3,(H,15,19)(H,17,18). The summed E-state index contributed by atoms with van der Waals surface area (Å²) in [4.78, 5) is 24.5. The summed E-state index contributed by atoms with van der Waals surface area (Å²) in [5, 5.41) is 11.9. The fourth-order valence-corrected chi connectivity index (χ4v) is 2.79. The number of hydrogen-bond donors (Lipinski definition) is 2. The monoisotopic (exact) mass is 268 g/mol. The third-order valence-corrected chi connectivity index (χ3v) is 4.65. The third kappa shape index (κ3) is 3.19. The zero-order valence-corrected chi connectivity index (χ0v) is 11.8. The van der Waals surface area contributed by atoms with Crippen molar-refractivity contribution in [3.05, 3.63) is 0 Å². The maximum Gasteiger partial charge on any atom is 0.317 e. The lowest BCUT2D eigenvalue weighted by molar-refractivity contribution is -0.144. The van der Waals surface area contributed by atoms with Gasteiger partial charge in [0.05, 0.1) is 5.92 Å². The molecule has 0 aromatic carbocycles. The molecule has 1 saturated carbocycles. The minimum absolute atomic E-state index is 0.0313. The maximum atomic E-state index is 11.9. The molecule has 19 heavy (non-hydrogen) atoms. The van der Waals surface area contributed by atoms with Crippen LogP contribution in [0, 0.1) is 17.3 Å². The molecule has 2 aliphatic rings. The number of amides is 2. The van der Waals surface area contributed by atoms with Crippen LogP contribution in [0.15, 0.2) is 0 Å². The minimum Gasteiger partial charge on any atom is -0.481 e. The molecule has 0 aromatic heterocycles. The molecule has 1 unspecified atom stereocenters. The van der Waals surface area contributed by atoms with Gasteiger partial charge in [-0.3, -0.25) is 4.79 Å². The van der Waals surface area contributed by atoms with Crippen molar-refractivity contribution < 1.29 is 14.7 Å². The van der Waals surface area contributed by atoms with Gasteiger partial charge in [0, 0.05) is 25.6 Å². The van der Waals surface area contributed by atoms with E-state index < -0.39 is 5.97 Å². The molecule has 108 valence electrons. The molecule has 0 spiro atoms. The topological polar surface area (TPSA) is 69.6 Å². The number of rotatable bonds is 6. The van der Waals surface area contributed by atoms with E-state index in [1.165, 1.54) is 19.3 Å². The molecular weight excluding hydrogens is 244 g/mol. The second-order valence-electron chi connectivity index (χ2n) is 6.20. The molecule has 5 heteroatoms. The Kier molecular flexibility index (Phi) is 4.02. The number of nitrogens with zero attached hydrogens (tertiary/aromatic N) is 1. The molecule has 1 aliphatic carbocycles. The van der Waals surface area contributed by atoms with Gasteiger partial charge < -0.3 is 15.3 Å². The Labute approximate surface area is 114 Å². The van der Waals surface area contributed by atoms with Crippen LogP contribution in [-0.4, -0.2) is 41.6 Å².